The van der Waals surface area contributed by atoms with Crippen molar-refractivity contribution in [3.05, 3.63) is 28.8 Å². The molecule has 20 heavy (non-hydrogen) atoms. The molecule has 0 aromatic heterocycles. The van der Waals surface area contributed by atoms with Gasteiger partial charge in [-0.05, 0) is 43.9 Å². The molecule has 2 rings (SSSR count). The fraction of sp³-hybridized carbons (Fsp3) is 0.647. The van der Waals surface area contributed by atoms with Crippen molar-refractivity contribution in [3.8, 4) is 5.75 Å². The Morgan fingerprint density at radius 3 is 2.55 bits per heavy atom. The van der Waals surface area contributed by atoms with Gasteiger partial charge >= 0.3 is 0 Å². The van der Waals surface area contributed by atoms with Crippen LogP contribution >= 0.6 is 11.6 Å². The van der Waals surface area contributed by atoms with Crippen molar-refractivity contribution in [2.45, 2.75) is 71.1 Å². The van der Waals surface area contributed by atoms with E-state index in [1.165, 1.54) is 38.5 Å². The molecule has 1 aromatic carbocycles. The summed E-state index contributed by atoms with van der Waals surface area (Å²) in [6.45, 7) is 5.10. The summed E-state index contributed by atoms with van der Waals surface area (Å²) in [6.07, 6.45) is 8.01. The van der Waals surface area contributed by atoms with Crippen LogP contribution in [-0.2, 0) is 6.54 Å². The first-order valence-corrected chi connectivity index (χ1v) is 8.21. The van der Waals surface area contributed by atoms with E-state index in [2.05, 4.69) is 19.2 Å². The average Bonchev–Trinajstić information content (AvgIpc) is 2.67. The van der Waals surface area contributed by atoms with E-state index in [4.69, 9.17) is 16.3 Å². The zero-order valence-corrected chi connectivity index (χ0v) is 13.4. The minimum absolute atomic E-state index is 0.372. The van der Waals surface area contributed by atoms with E-state index in [0.717, 1.165) is 22.9 Å². The maximum Gasteiger partial charge on any atom is 0.124 e. The van der Waals surface area contributed by atoms with E-state index in [1.807, 2.05) is 18.2 Å². The molecule has 0 amide bonds. The minimum atomic E-state index is 0.372. The molecule has 0 unspecified atom stereocenters. The molecular weight excluding hydrogens is 270 g/mol. The Morgan fingerprint density at radius 1 is 1.20 bits per heavy atom. The molecular formula is C17H26ClNO. The van der Waals surface area contributed by atoms with Crippen LogP contribution in [0.1, 0.15) is 57.9 Å². The minimum Gasteiger partial charge on any atom is -0.490 e. The van der Waals surface area contributed by atoms with Gasteiger partial charge in [-0.3, -0.25) is 0 Å². The van der Waals surface area contributed by atoms with E-state index in [1.54, 1.807) is 0 Å². The van der Waals surface area contributed by atoms with Crippen LogP contribution in [0.4, 0.5) is 0 Å². The highest BCUT2D eigenvalue weighted by Crippen LogP contribution is 2.27. The molecule has 1 saturated carbocycles. The fourth-order valence-corrected chi connectivity index (χ4v) is 2.85. The summed E-state index contributed by atoms with van der Waals surface area (Å²) in [7, 11) is 0. The zero-order valence-electron chi connectivity index (χ0n) is 12.6. The third-order valence-corrected chi connectivity index (χ3v) is 4.05. The SMILES string of the molecule is CC(C)NCc1cc(Cl)ccc1OC1CCCCCC1. The zero-order chi connectivity index (χ0) is 14.4. The van der Waals surface area contributed by atoms with Crippen molar-refractivity contribution in [2.24, 2.45) is 0 Å². The van der Waals surface area contributed by atoms with Gasteiger partial charge in [0.25, 0.3) is 0 Å². The van der Waals surface area contributed by atoms with Gasteiger partial charge in [-0.2, -0.15) is 0 Å². The first-order valence-electron chi connectivity index (χ1n) is 7.83. The Morgan fingerprint density at radius 2 is 1.90 bits per heavy atom. The summed E-state index contributed by atoms with van der Waals surface area (Å²) < 4.78 is 6.26. The quantitative estimate of drug-likeness (QED) is 0.777. The molecule has 3 heteroatoms. The van der Waals surface area contributed by atoms with Gasteiger partial charge in [-0.1, -0.05) is 38.3 Å². The molecule has 0 aliphatic heterocycles. The second-order valence-corrected chi connectivity index (χ2v) is 6.46. The van der Waals surface area contributed by atoms with E-state index in [-0.39, 0.29) is 0 Å². The number of hydrogen-bond donors (Lipinski definition) is 1. The van der Waals surface area contributed by atoms with Gasteiger partial charge in [-0.15, -0.1) is 0 Å². The molecule has 0 atom stereocenters. The van der Waals surface area contributed by atoms with Crippen LogP contribution in [0.15, 0.2) is 18.2 Å². The highest BCUT2D eigenvalue weighted by Gasteiger charge is 2.15. The molecule has 1 aliphatic rings. The smallest absolute Gasteiger partial charge is 0.124 e. The second kappa shape index (κ2) is 7.90. The van der Waals surface area contributed by atoms with Gasteiger partial charge in [0, 0.05) is 23.2 Å². The van der Waals surface area contributed by atoms with Crippen LogP contribution < -0.4 is 10.1 Å². The second-order valence-electron chi connectivity index (χ2n) is 6.02. The van der Waals surface area contributed by atoms with Crippen molar-refractivity contribution in [1.29, 1.82) is 0 Å². The van der Waals surface area contributed by atoms with E-state index in [9.17, 15) is 0 Å². The number of nitrogens with one attached hydrogen (secondary N) is 1. The summed E-state index contributed by atoms with van der Waals surface area (Å²) in [4.78, 5) is 0. The van der Waals surface area contributed by atoms with Gasteiger partial charge in [0.05, 0.1) is 6.10 Å². The van der Waals surface area contributed by atoms with Gasteiger partial charge in [0.2, 0.25) is 0 Å². The maximum absolute atomic E-state index is 6.26. The standard InChI is InChI=1S/C17H26ClNO/c1-13(2)19-12-14-11-15(18)9-10-17(14)20-16-7-5-3-4-6-8-16/h9-11,13,16,19H,3-8,12H2,1-2H3. The maximum atomic E-state index is 6.26. The Bertz CT molecular complexity index is 411. The Balaban J connectivity index is 2.04. The predicted octanol–water partition coefficient (Wildman–Crippen LogP) is 4.94. The Labute approximate surface area is 127 Å². The number of ether oxygens (including phenoxy) is 1. The predicted molar refractivity (Wildman–Crippen MR) is 85.5 cm³/mol. The molecule has 1 N–H and O–H groups in total. The largest absolute Gasteiger partial charge is 0.490 e. The molecule has 0 bridgehead atoms. The average molecular weight is 296 g/mol. The lowest BCUT2D eigenvalue weighted by atomic mass is 10.1. The summed E-state index contributed by atoms with van der Waals surface area (Å²) in [5.41, 5.74) is 1.16. The van der Waals surface area contributed by atoms with Gasteiger partial charge in [0.1, 0.15) is 5.75 Å². The molecule has 112 valence electrons. The van der Waals surface area contributed by atoms with Crippen LogP contribution in [0.3, 0.4) is 0 Å². The summed E-state index contributed by atoms with van der Waals surface area (Å²) in [5.74, 6) is 0.995. The molecule has 1 aromatic rings. The first kappa shape index (κ1) is 15.7. The molecule has 0 radical (unpaired) electrons. The fourth-order valence-electron chi connectivity index (χ4n) is 2.65. The molecule has 0 saturated heterocycles. The molecule has 1 aliphatic carbocycles. The van der Waals surface area contributed by atoms with Crippen LogP contribution in [0.25, 0.3) is 0 Å². The van der Waals surface area contributed by atoms with Crippen LogP contribution in [0, 0.1) is 0 Å². The summed E-state index contributed by atoms with van der Waals surface area (Å²) in [5, 5.41) is 4.22. The number of benzene rings is 1. The van der Waals surface area contributed by atoms with Crippen molar-refractivity contribution in [3.63, 3.8) is 0 Å². The lowest BCUT2D eigenvalue weighted by molar-refractivity contribution is 0.181. The van der Waals surface area contributed by atoms with Gasteiger partial charge < -0.3 is 10.1 Å². The third kappa shape index (κ3) is 4.99. The third-order valence-electron chi connectivity index (χ3n) is 3.82. The number of hydrogen-bond acceptors (Lipinski definition) is 2. The Kier molecular flexibility index (Phi) is 6.18. The number of rotatable bonds is 5. The number of halogens is 1. The lowest BCUT2D eigenvalue weighted by Gasteiger charge is -2.20. The molecule has 2 nitrogen and oxygen atoms in total. The highest BCUT2D eigenvalue weighted by molar-refractivity contribution is 6.30. The normalized spacial score (nSPS) is 17.2. The Hall–Kier alpha value is -0.730. The summed E-state index contributed by atoms with van der Waals surface area (Å²) >= 11 is 6.12. The van der Waals surface area contributed by atoms with Gasteiger partial charge in [0.15, 0.2) is 0 Å². The van der Waals surface area contributed by atoms with Crippen molar-refractivity contribution < 1.29 is 4.74 Å². The van der Waals surface area contributed by atoms with E-state index in [0.29, 0.717) is 12.1 Å². The van der Waals surface area contributed by atoms with E-state index < -0.39 is 0 Å². The topological polar surface area (TPSA) is 21.3 Å². The van der Waals surface area contributed by atoms with Crippen molar-refractivity contribution in [1.82, 2.24) is 5.32 Å². The van der Waals surface area contributed by atoms with Crippen molar-refractivity contribution in [2.75, 3.05) is 0 Å². The molecule has 1 fully saturated rings. The van der Waals surface area contributed by atoms with E-state index >= 15 is 0 Å². The van der Waals surface area contributed by atoms with Crippen LogP contribution in [0.5, 0.6) is 5.75 Å². The monoisotopic (exact) mass is 295 g/mol. The van der Waals surface area contributed by atoms with Crippen LogP contribution in [0.2, 0.25) is 5.02 Å². The summed E-state index contributed by atoms with van der Waals surface area (Å²) in [6, 6.07) is 6.42. The van der Waals surface area contributed by atoms with Gasteiger partial charge in [-0.25, -0.2) is 0 Å². The first-order chi connectivity index (χ1) is 9.65. The van der Waals surface area contributed by atoms with Crippen molar-refractivity contribution >= 4 is 11.6 Å². The lowest BCUT2D eigenvalue weighted by Crippen LogP contribution is -2.23. The highest BCUT2D eigenvalue weighted by atomic mass is 35.5. The molecule has 0 heterocycles. The molecule has 0 spiro atoms. The van der Waals surface area contributed by atoms with Crippen LogP contribution in [-0.4, -0.2) is 12.1 Å².